The topological polar surface area (TPSA) is 46.5 Å². The van der Waals surface area contributed by atoms with Gasteiger partial charge in [-0.05, 0) is 36.0 Å². The van der Waals surface area contributed by atoms with Crippen LogP contribution in [0.5, 0.6) is 0 Å². The van der Waals surface area contributed by atoms with Crippen molar-refractivity contribution in [2.75, 3.05) is 7.11 Å². The average Bonchev–Trinajstić information content (AvgIpc) is 3.03. The summed E-state index contributed by atoms with van der Waals surface area (Å²) in [5.74, 6) is -0.516. The fraction of sp³-hybridized carbons (Fsp3) is 0.400. The second-order valence-electron chi connectivity index (χ2n) is 5.00. The van der Waals surface area contributed by atoms with Crippen molar-refractivity contribution in [1.82, 2.24) is 0 Å². The molecule has 96 valence electrons. The van der Waals surface area contributed by atoms with Gasteiger partial charge in [0.15, 0.2) is 0 Å². The van der Waals surface area contributed by atoms with Gasteiger partial charge in [0.2, 0.25) is 0 Å². The van der Waals surface area contributed by atoms with Crippen molar-refractivity contribution >= 4 is 11.5 Å². The SMILES string of the molecule is COC=C(C)c1cccc(C2(C(=O)O)CC2C)c1. The van der Waals surface area contributed by atoms with Crippen LogP contribution >= 0.6 is 0 Å². The van der Waals surface area contributed by atoms with Gasteiger partial charge in [0.25, 0.3) is 0 Å². The first-order valence-electron chi connectivity index (χ1n) is 6.06. The van der Waals surface area contributed by atoms with E-state index in [0.717, 1.165) is 23.1 Å². The molecular formula is C15H18O3. The molecule has 1 aliphatic carbocycles. The van der Waals surface area contributed by atoms with E-state index in [1.165, 1.54) is 0 Å². The molecule has 3 heteroatoms. The minimum atomic E-state index is -0.722. The Morgan fingerprint density at radius 1 is 1.56 bits per heavy atom. The Morgan fingerprint density at radius 2 is 2.22 bits per heavy atom. The number of carboxylic acids is 1. The highest BCUT2D eigenvalue weighted by Gasteiger charge is 2.58. The molecule has 0 spiro atoms. The van der Waals surface area contributed by atoms with Crippen molar-refractivity contribution in [1.29, 1.82) is 0 Å². The third-order valence-corrected chi connectivity index (χ3v) is 3.82. The highest BCUT2D eigenvalue weighted by Crippen LogP contribution is 2.54. The van der Waals surface area contributed by atoms with Gasteiger partial charge >= 0.3 is 5.97 Å². The lowest BCUT2D eigenvalue weighted by Gasteiger charge is -2.13. The van der Waals surface area contributed by atoms with E-state index in [-0.39, 0.29) is 5.92 Å². The predicted octanol–water partition coefficient (Wildman–Crippen LogP) is 3.06. The van der Waals surface area contributed by atoms with Crippen LogP contribution in [-0.4, -0.2) is 18.2 Å². The Kier molecular flexibility index (Phi) is 3.16. The maximum absolute atomic E-state index is 11.5. The molecule has 0 amide bonds. The molecule has 18 heavy (non-hydrogen) atoms. The molecule has 0 heterocycles. The van der Waals surface area contributed by atoms with Crippen molar-refractivity contribution in [2.45, 2.75) is 25.7 Å². The molecule has 2 unspecified atom stereocenters. The van der Waals surface area contributed by atoms with Crippen molar-refractivity contribution in [2.24, 2.45) is 5.92 Å². The molecule has 2 rings (SSSR count). The maximum atomic E-state index is 11.5. The Hall–Kier alpha value is -1.77. The van der Waals surface area contributed by atoms with Crippen molar-refractivity contribution in [3.63, 3.8) is 0 Å². The van der Waals surface area contributed by atoms with Gasteiger partial charge in [-0.2, -0.15) is 0 Å². The lowest BCUT2D eigenvalue weighted by molar-refractivity contribution is -0.140. The van der Waals surface area contributed by atoms with Crippen LogP contribution in [0.25, 0.3) is 5.57 Å². The van der Waals surface area contributed by atoms with E-state index in [4.69, 9.17) is 4.74 Å². The lowest BCUT2D eigenvalue weighted by atomic mass is 9.91. The minimum Gasteiger partial charge on any atom is -0.504 e. The zero-order valence-electron chi connectivity index (χ0n) is 10.9. The third-order valence-electron chi connectivity index (χ3n) is 3.82. The average molecular weight is 246 g/mol. The minimum absolute atomic E-state index is 0.206. The molecule has 0 bridgehead atoms. The molecule has 1 fully saturated rings. The number of carbonyl (C=O) groups is 1. The molecule has 0 saturated heterocycles. The van der Waals surface area contributed by atoms with Crippen molar-refractivity contribution < 1.29 is 14.6 Å². The molecule has 1 aliphatic rings. The van der Waals surface area contributed by atoms with E-state index < -0.39 is 11.4 Å². The summed E-state index contributed by atoms with van der Waals surface area (Å²) in [5, 5.41) is 9.42. The Morgan fingerprint density at radius 3 is 2.72 bits per heavy atom. The fourth-order valence-corrected chi connectivity index (χ4v) is 2.53. The highest BCUT2D eigenvalue weighted by atomic mass is 16.5. The van der Waals surface area contributed by atoms with Crippen LogP contribution in [0, 0.1) is 5.92 Å². The summed E-state index contributed by atoms with van der Waals surface area (Å²) < 4.78 is 4.99. The maximum Gasteiger partial charge on any atom is 0.314 e. The Bertz CT molecular complexity index is 504. The normalized spacial score (nSPS) is 26.8. The highest BCUT2D eigenvalue weighted by molar-refractivity contribution is 5.86. The molecule has 0 aliphatic heterocycles. The van der Waals surface area contributed by atoms with E-state index in [9.17, 15) is 9.90 Å². The van der Waals surface area contributed by atoms with E-state index in [1.807, 2.05) is 38.1 Å². The van der Waals surface area contributed by atoms with Gasteiger partial charge < -0.3 is 9.84 Å². The molecule has 2 atom stereocenters. The number of hydrogen-bond acceptors (Lipinski definition) is 2. The molecule has 3 nitrogen and oxygen atoms in total. The summed E-state index contributed by atoms with van der Waals surface area (Å²) in [5.41, 5.74) is 2.22. The number of methoxy groups -OCH3 is 1. The van der Waals surface area contributed by atoms with Gasteiger partial charge in [-0.3, -0.25) is 4.79 Å². The first-order valence-corrected chi connectivity index (χ1v) is 6.06. The van der Waals surface area contributed by atoms with Crippen LogP contribution in [-0.2, 0) is 14.9 Å². The summed E-state index contributed by atoms with van der Waals surface area (Å²) >= 11 is 0. The van der Waals surface area contributed by atoms with E-state index in [0.29, 0.717) is 0 Å². The first-order chi connectivity index (χ1) is 8.52. The molecule has 1 aromatic rings. The molecule has 0 radical (unpaired) electrons. The first kappa shape index (κ1) is 12.7. The number of aliphatic carboxylic acids is 1. The van der Waals surface area contributed by atoms with Gasteiger partial charge in [-0.1, -0.05) is 31.2 Å². The third kappa shape index (κ3) is 1.90. The fourth-order valence-electron chi connectivity index (χ4n) is 2.53. The quantitative estimate of drug-likeness (QED) is 0.830. The molecule has 1 N–H and O–H groups in total. The largest absolute Gasteiger partial charge is 0.504 e. The predicted molar refractivity (Wildman–Crippen MR) is 70.2 cm³/mol. The van der Waals surface area contributed by atoms with Crippen LogP contribution < -0.4 is 0 Å². The van der Waals surface area contributed by atoms with Crippen LogP contribution in [0.3, 0.4) is 0 Å². The van der Waals surface area contributed by atoms with Crippen LogP contribution in [0.15, 0.2) is 30.5 Å². The van der Waals surface area contributed by atoms with E-state index in [2.05, 4.69) is 0 Å². The summed E-state index contributed by atoms with van der Waals surface area (Å²) in [7, 11) is 1.61. The summed E-state index contributed by atoms with van der Waals surface area (Å²) in [4.78, 5) is 11.5. The summed E-state index contributed by atoms with van der Waals surface area (Å²) in [6.45, 7) is 3.94. The Balaban J connectivity index is 2.40. The van der Waals surface area contributed by atoms with Gasteiger partial charge in [0.1, 0.15) is 0 Å². The van der Waals surface area contributed by atoms with Gasteiger partial charge in [0.05, 0.1) is 18.8 Å². The molecule has 1 aromatic carbocycles. The number of ether oxygens (including phenoxy) is 1. The second-order valence-corrected chi connectivity index (χ2v) is 5.00. The number of allylic oxidation sites excluding steroid dienone is 1. The zero-order valence-corrected chi connectivity index (χ0v) is 10.9. The smallest absolute Gasteiger partial charge is 0.314 e. The van der Waals surface area contributed by atoms with Gasteiger partial charge in [0, 0.05) is 0 Å². The number of carboxylic acid groups (broad SMARTS) is 1. The van der Waals surface area contributed by atoms with E-state index >= 15 is 0 Å². The second kappa shape index (κ2) is 4.48. The number of hydrogen-bond donors (Lipinski definition) is 1. The van der Waals surface area contributed by atoms with E-state index in [1.54, 1.807) is 13.4 Å². The molecular weight excluding hydrogens is 228 g/mol. The molecule has 1 saturated carbocycles. The van der Waals surface area contributed by atoms with Crippen LogP contribution in [0.1, 0.15) is 31.4 Å². The zero-order chi connectivity index (χ0) is 13.3. The number of rotatable bonds is 4. The van der Waals surface area contributed by atoms with Gasteiger partial charge in [-0.25, -0.2) is 0 Å². The summed E-state index contributed by atoms with van der Waals surface area (Å²) in [6.07, 6.45) is 2.39. The summed E-state index contributed by atoms with van der Waals surface area (Å²) in [6, 6.07) is 7.74. The Labute approximate surface area is 107 Å². The van der Waals surface area contributed by atoms with Crippen molar-refractivity contribution in [3.05, 3.63) is 41.7 Å². The lowest BCUT2D eigenvalue weighted by Crippen LogP contribution is -2.21. The standard InChI is InChI=1S/C15H18O3/c1-10(9-18-3)12-5-4-6-13(7-12)15(14(16)17)8-11(15)2/h4-7,9,11H,8H2,1-3H3,(H,16,17). The monoisotopic (exact) mass is 246 g/mol. The van der Waals surface area contributed by atoms with Crippen LogP contribution in [0.2, 0.25) is 0 Å². The van der Waals surface area contributed by atoms with Crippen LogP contribution in [0.4, 0.5) is 0 Å². The molecule has 0 aromatic heterocycles. The number of benzene rings is 1. The van der Waals surface area contributed by atoms with Gasteiger partial charge in [-0.15, -0.1) is 0 Å². The van der Waals surface area contributed by atoms with Crippen molar-refractivity contribution in [3.8, 4) is 0 Å².